The molecule has 0 atom stereocenters. The molecule has 0 heterocycles. The Kier molecular flexibility index (Phi) is 12.2. The minimum atomic E-state index is -1.96. The van der Waals surface area contributed by atoms with E-state index in [0.717, 1.165) is 0 Å². The molecule has 0 unspecified atom stereocenters. The van der Waals surface area contributed by atoms with Crippen LogP contribution in [0.4, 0.5) is 0 Å². The quantitative estimate of drug-likeness (QED) is 0.101. The fourth-order valence-corrected chi connectivity index (χ4v) is 1.44. The van der Waals surface area contributed by atoms with Crippen molar-refractivity contribution in [3.8, 4) is 0 Å². The van der Waals surface area contributed by atoms with Gasteiger partial charge < -0.3 is 0 Å². The first-order chi connectivity index (χ1) is 9.55. The highest BCUT2D eigenvalue weighted by atomic mass is 15.8. The molecule has 0 aliphatic heterocycles. The Labute approximate surface area is 128 Å². The third-order valence-electron chi connectivity index (χ3n) is 3.20. The fourth-order valence-electron chi connectivity index (χ4n) is 1.44. The second-order valence-corrected chi connectivity index (χ2v) is 5.23. The molecule has 0 saturated carbocycles. The molecule has 0 aliphatic carbocycles. The van der Waals surface area contributed by atoms with E-state index < -0.39 is 11.6 Å². The first kappa shape index (κ1) is 22.9. The van der Waals surface area contributed by atoms with Crippen molar-refractivity contribution in [2.75, 3.05) is 0 Å². The Morgan fingerprint density at radius 1 is 0.571 bits per heavy atom. The predicted molar refractivity (Wildman–Crippen MR) is 86.3 cm³/mol. The Hall–Kier alpha value is -0.400. The van der Waals surface area contributed by atoms with Crippen molar-refractivity contribution in [3.05, 3.63) is 0 Å². The zero-order chi connectivity index (χ0) is 17.1. The molecule has 0 aromatic heterocycles. The second-order valence-electron chi connectivity index (χ2n) is 5.23. The molecule has 0 amide bonds. The van der Waals surface area contributed by atoms with Gasteiger partial charge in [0.2, 0.25) is 0 Å². The molecular weight excluding hydrogens is 272 g/mol. The number of hydrazine groups is 4. The van der Waals surface area contributed by atoms with Gasteiger partial charge in [-0.3, -0.25) is 46.3 Å². The summed E-state index contributed by atoms with van der Waals surface area (Å²) in [5.74, 6) is 16.3. The van der Waals surface area contributed by atoms with E-state index in [0.29, 0.717) is 10.2 Å². The molecule has 0 bridgehead atoms. The van der Waals surface area contributed by atoms with Crippen LogP contribution in [0.3, 0.4) is 0 Å². The van der Waals surface area contributed by atoms with Crippen LogP contribution in [0.25, 0.3) is 0 Å². The largest absolute Gasteiger partial charge is 0.295 e. The summed E-state index contributed by atoms with van der Waals surface area (Å²) in [6.07, 6.45) is 9.97. The van der Waals surface area contributed by atoms with Crippen molar-refractivity contribution in [2.45, 2.75) is 70.4 Å². The molecule has 0 aromatic rings. The lowest BCUT2D eigenvalue weighted by Crippen LogP contribution is -2.91. The average Bonchev–Trinajstić information content (AvgIpc) is 2.38. The van der Waals surface area contributed by atoms with E-state index in [2.05, 4.69) is 13.8 Å². The summed E-state index contributed by atoms with van der Waals surface area (Å²) in [7, 11) is 0. The molecule has 16 N–H and O–H groups in total. The molecule has 10 heteroatoms. The lowest BCUT2D eigenvalue weighted by Gasteiger charge is -2.45. The second kappa shape index (κ2) is 11.2. The summed E-state index contributed by atoms with van der Waals surface area (Å²) in [4.78, 5) is 0. The van der Waals surface area contributed by atoms with Gasteiger partial charge in [0, 0.05) is 0 Å². The zero-order valence-corrected chi connectivity index (χ0v) is 13.5. The third kappa shape index (κ3) is 8.58. The predicted octanol–water partition coefficient (Wildman–Crippen LogP) is -2.02. The SMILES string of the molecule is CCCCCCCCC.NN(N)C(N)(N)C(N)(N)N(N)N. The smallest absolute Gasteiger partial charge is 0.196 e. The van der Waals surface area contributed by atoms with E-state index >= 15 is 0 Å². The fraction of sp³-hybridized carbons (Fsp3) is 1.00. The van der Waals surface area contributed by atoms with Crippen LogP contribution in [0.5, 0.6) is 0 Å². The number of hydrogen-bond donors (Lipinski definition) is 8. The van der Waals surface area contributed by atoms with Crippen molar-refractivity contribution in [2.24, 2.45) is 46.3 Å². The maximum atomic E-state index is 5.34. The van der Waals surface area contributed by atoms with Crippen LogP contribution in [0.15, 0.2) is 0 Å². The number of rotatable bonds is 9. The van der Waals surface area contributed by atoms with E-state index in [4.69, 9.17) is 46.3 Å². The monoisotopic (exact) mass is 308 g/mol. The number of hydrogen-bond acceptors (Lipinski definition) is 10. The van der Waals surface area contributed by atoms with Gasteiger partial charge in [0.15, 0.2) is 11.6 Å². The maximum absolute atomic E-state index is 5.34. The van der Waals surface area contributed by atoms with Crippen LogP contribution >= 0.6 is 0 Å². The molecule has 0 aliphatic rings. The van der Waals surface area contributed by atoms with Crippen molar-refractivity contribution in [1.82, 2.24) is 10.2 Å². The van der Waals surface area contributed by atoms with Crippen LogP contribution in [0.1, 0.15) is 58.8 Å². The Morgan fingerprint density at radius 2 is 0.810 bits per heavy atom. The molecule has 0 rings (SSSR count). The molecule has 10 nitrogen and oxygen atoms in total. The molecule has 0 spiro atoms. The number of nitrogens with two attached hydrogens (primary N) is 8. The Balaban J connectivity index is 0. The molecule has 130 valence electrons. The van der Waals surface area contributed by atoms with Crippen molar-refractivity contribution < 1.29 is 0 Å². The van der Waals surface area contributed by atoms with Crippen LogP contribution < -0.4 is 46.3 Å². The van der Waals surface area contributed by atoms with Crippen LogP contribution in [0.2, 0.25) is 0 Å². The molecule has 0 radical (unpaired) electrons. The van der Waals surface area contributed by atoms with Gasteiger partial charge in [-0.05, 0) is 0 Å². The summed E-state index contributed by atoms with van der Waals surface area (Å²) in [5.41, 5.74) is 21.4. The van der Waals surface area contributed by atoms with Crippen LogP contribution in [0, 0.1) is 0 Å². The Morgan fingerprint density at radius 3 is 1.00 bits per heavy atom. The van der Waals surface area contributed by atoms with Gasteiger partial charge in [-0.1, -0.05) is 58.8 Å². The van der Waals surface area contributed by atoms with Gasteiger partial charge in [-0.25, -0.2) is 0 Å². The first-order valence-corrected chi connectivity index (χ1v) is 7.30. The highest BCUT2D eigenvalue weighted by Crippen LogP contribution is 2.06. The topological polar surface area (TPSA) is 215 Å². The van der Waals surface area contributed by atoms with Gasteiger partial charge in [-0.15, -0.1) is 10.2 Å². The minimum absolute atomic E-state index is 0.416. The highest BCUT2D eigenvalue weighted by molar-refractivity contribution is 4.92. The summed E-state index contributed by atoms with van der Waals surface area (Å²) in [6, 6.07) is 0. The molecule has 0 fully saturated rings. The van der Waals surface area contributed by atoms with E-state index in [1.807, 2.05) is 0 Å². The summed E-state index contributed by atoms with van der Waals surface area (Å²) < 4.78 is 0. The van der Waals surface area contributed by atoms with E-state index in [-0.39, 0.29) is 0 Å². The normalized spacial score (nSPS) is 12.6. The van der Waals surface area contributed by atoms with Crippen LogP contribution in [-0.4, -0.2) is 21.8 Å². The van der Waals surface area contributed by atoms with Gasteiger partial charge in [-0.2, -0.15) is 0 Å². The van der Waals surface area contributed by atoms with Crippen LogP contribution in [-0.2, 0) is 0 Å². The van der Waals surface area contributed by atoms with Gasteiger partial charge >= 0.3 is 0 Å². The number of unbranched alkanes of at least 4 members (excludes halogenated alkanes) is 6. The number of nitrogens with zero attached hydrogens (tertiary/aromatic N) is 2. The third-order valence-corrected chi connectivity index (χ3v) is 3.20. The molecule has 0 saturated heterocycles. The van der Waals surface area contributed by atoms with Gasteiger partial charge in [0.1, 0.15) is 0 Å². The van der Waals surface area contributed by atoms with Crippen molar-refractivity contribution in [1.29, 1.82) is 0 Å². The molecule has 0 aromatic carbocycles. The lowest BCUT2D eigenvalue weighted by atomic mass is 10.1. The van der Waals surface area contributed by atoms with Gasteiger partial charge in [0.05, 0.1) is 0 Å². The van der Waals surface area contributed by atoms with Crippen molar-refractivity contribution in [3.63, 3.8) is 0 Å². The van der Waals surface area contributed by atoms with E-state index in [1.165, 1.54) is 44.9 Å². The van der Waals surface area contributed by atoms with Crippen molar-refractivity contribution >= 4 is 0 Å². The van der Waals surface area contributed by atoms with E-state index in [1.54, 1.807) is 0 Å². The summed E-state index contributed by atoms with van der Waals surface area (Å²) in [5, 5.41) is 0.833. The standard InChI is InChI=1S/C9H20.C2H16N10/c1-3-5-7-9-8-6-4-2;3-1(4,11(7)8)2(5,6)12(9)10/h3-9H2,1-2H3;3-10H2. The summed E-state index contributed by atoms with van der Waals surface area (Å²) >= 11 is 0. The first-order valence-electron chi connectivity index (χ1n) is 7.30. The lowest BCUT2D eigenvalue weighted by molar-refractivity contribution is -0.0716. The minimum Gasteiger partial charge on any atom is -0.295 e. The average molecular weight is 308 g/mol. The zero-order valence-electron chi connectivity index (χ0n) is 13.5. The van der Waals surface area contributed by atoms with Gasteiger partial charge in [0.25, 0.3) is 0 Å². The molecule has 21 heavy (non-hydrogen) atoms. The summed E-state index contributed by atoms with van der Waals surface area (Å²) in [6.45, 7) is 4.53. The highest BCUT2D eigenvalue weighted by Gasteiger charge is 2.46. The maximum Gasteiger partial charge on any atom is 0.196 e. The van der Waals surface area contributed by atoms with E-state index in [9.17, 15) is 0 Å². The molecular formula is C11H36N10. The Bertz CT molecular complexity index is 217.